The van der Waals surface area contributed by atoms with E-state index in [0.717, 1.165) is 11.4 Å². The summed E-state index contributed by atoms with van der Waals surface area (Å²) in [4.78, 5) is 17.7. The highest BCUT2D eigenvalue weighted by Crippen LogP contribution is 2.21. The van der Waals surface area contributed by atoms with Gasteiger partial charge in [-0.3, -0.25) is 4.79 Å². The van der Waals surface area contributed by atoms with Gasteiger partial charge in [0, 0.05) is 16.6 Å². The van der Waals surface area contributed by atoms with Crippen molar-refractivity contribution in [3.63, 3.8) is 0 Å². The minimum atomic E-state index is -0.158. The number of amides is 1. The second-order valence-corrected chi connectivity index (χ2v) is 5.86. The molecule has 4 nitrogen and oxygen atoms in total. The molecule has 0 aliphatic rings. The molecule has 2 N–H and O–H groups in total. The summed E-state index contributed by atoms with van der Waals surface area (Å²) in [6, 6.07) is 4.70. The number of hydrogen-bond acceptors (Lipinski definition) is 4. The third kappa shape index (κ3) is 3.17. The van der Waals surface area contributed by atoms with Crippen molar-refractivity contribution in [3.05, 3.63) is 45.4 Å². The van der Waals surface area contributed by atoms with Crippen LogP contribution in [0.2, 0.25) is 0 Å². The molecule has 1 aromatic carbocycles. The molecule has 1 amide bonds. The molecule has 0 radical (unpaired) electrons. The van der Waals surface area contributed by atoms with Crippen LogP contribution in [0.15, 0.2) is 24.4 Å². The number of aromatic hydroxyl groups is 1. The zero-order valence-corrected chi connectivity index (χ0v) is 12.6. The van der Waals surface area contributed by atoms with Gasteiger partial charge < -0.3 is 10.4 Å². The molecular formula is C15H18N2O2S. The second kappa shape index (κ2) is 6.05. The average Bonchev–Trinajstić information content (AvgIpc) is 2.90. The quantitative estimate of drug-likeness (QED) is 0.909. The van der Waals surface area contributed by atoms with E-state index in [-0.39, 0.29) is 17.7 Å². The van der Waals surface area contributed by atoms with Crippen LogP contribution in [0.4, 0.5) is 0 Å². The predicted molar refractivity (Wildman–Crippen MR) is 80.2 cm³/mol. The lowest BCUT2D eigenvalue weighted by Crippen LogP contribution is -2.26. The highest BCUT2D eigenvalue weighted by Gasteiger charge is 2.15. The van der Waals surface area contributed by atoms with E-state index in [2.05, 4.69) is 17.2 Å². The fraction of sp³-hybridized carbons (Fsp3) is 0.333. The Labute approximate surface area is 122 Å². The molecule has 0 aliphatic heterocycles. The van der Waals surface area contributed by atoms with Gasteiger partial charge in [-0.25, -0.2) is 4.98 Å². The van der Waals surface area contributed by atoms with Crippen LogP contribution in [0.25, 0.3) is 0 Å². The van der Waals surface area contributed by atoms with Crippen molar-refractivity contribution in [1.82, 2.24) is 10.3 Å². The van der Waals surface area contributed by atoms with E-state index in [1.807, 2.05) is 13.1 Å². The Hall–Kier alpha value is -1.88. The molecule has 20 heavy (non-hydrogen) atoms. The summed E-state index contributed by atoms with van der Waals surface area (Å²) in [5.74, 6) is 0.0379. The van der Waals surface area contributed by atoms with Crippen molar-refractivity contribution in [2.45, 2.75) is 33.2 Å². The number of nitrogens with zero attached hydrogens (tertiary/aromatic N) is 1. The van der Waals surface area contributed by atoms with Crippen LogP contribution < -0.4 is 5.32 Å². The van der Waals surface area contributed by atoms with Crippen molar-refractivity contribution in [1.29, 1.82) is 0 Å². The Balaban J connectivity index is 2.08. The van der Waals surface area contributed by atoms with Crippen LogP contribution in [-0.2, 0) is 6.42 Å². The van der Waals surface area contributed by atoms with Gasteiger partial charge in [-0.15, -0.1) is 11.3 Å². The highest BCUT2D eigenvalue weighted by atomic mass is 32.1. The van der Waals surface area contributed by atoms with Crippen LogP contribution in [-0.4, -0.2) is 16.0 Å². The van der Waals surface area contributed by atoms with Gasteiger partial charge in [-0.05, 0) is 44.0 Å². The van der Waals surface area contributed by atoms with Crippen molar-refractivity contribution in [3.8, 4) is 5.75 Å². The fourth-order valence-corrected chi connectivity index (χ4v) is 2.68. The van der Waals surface area contributed by atoms with Gasteiger partial charge in [-0.1, -0.05) is 6.92 Å². The fourth-order valence-electron chi connectivity index (χ4n) is 1.82. The maximum absolute atomic E-state index is 12.2. The van der Waals surface area contributed by atoms with E-state index >= 15 is 0 Å². The number of rotatable bonds is 4. The van der Waals surface area contributed by atoms with E-state index in [1.54, 1.807) is 30.4 Å². The van der Waals surface area contributed by atoms with Gasteiger partial charge in [0.1, 0.15) is 10.8 Å². The Bertz CT molecular complexity index is 622. The molecule has 5 heteroatoms. The molecule has 1 unspecified atom stereocenters. The van der Waals surface area contributed by atoms with Crippen LogP contribution in [0.1, 0.15) is 45.7 Å². The van der Waals surface area contributed by atoms with E-state index < -0.39 is 0 Å². The summed E-state index contributed by atoms with van der Waals surface area (Å²) in [5, 5.41) is 13.3. The summed E-state index contributed by atoms with van der Waals surface area (Å²) in [6.07, 6.45) is 2.81. The van der Waals surface area contributed by atoms with E-state index in [9.17, 15) is 9.90 Å². The zero-order chi connectivity index (χ0) is 14.7. The first-order valence-corrected chi connectivity index (χ1v) is 7.38. The minimum absolute atomic E-state index is 0.123. The Morgan fingerprint density at radius 3 is 2.85 bits per heavy atom. The smallest absolute Gasteiger partial charge is 0.251 e. The first-order chi connectivity index (χ1) is 9.51. The van der Waals surface area contributed by atoms with Crippen LogP contribution in [0.5, 0.6) is 5.75 Å². The number of hydrogen-bond donors (Lipinski definition) is 2. The van der Waals surface area contributed by atoms with Gasteiger partial charge in [-0.2, -0.15) is 0 Å². The average molecular weight is 290 g/mol. The third-order valence-corrected chi connectivity index (χ3v) is 4.42. The molecule has 1 atom stereocenters. The van der Waals surface area contributed by atoms with Gasteiger partial charge in [0.2, 0.25) is 0 Å². The van der Waals surface area contributed by atoms with Gasteiger partial charge in [0.25, 0.3) is 5.91 Å². The number of benzene rings is 1. The minimum Gasteiger partial charge on any atom is -0.508 e. The molecule has 0 aliphatic carbocycles. The zero-order valence-electron chi connectivity index (χ0n) is 11.8. The first kappa shape index (κ1) is 14.5. The largest absolute Gasteiger partial charge is 0.508 e. The number of nitrogens with one attached hydrogen (secondary N) is 1. The van der Waals surface area contributed by atoms with Gasteiger partial charge >= 0.3 is 0 Å². The number of aromatic nitrogens is 1. The molecule has 0 saturated heterocycles. The van der Waals surface area contributed by atoms with Gasteiger partial charge in [0.15, 0.2) is 0 Å². The van der Waals surface area contributed by atoms with Gasteiger partial charge in [0.05, 0.1) is 6.04 Å². The number of phenols is 1. The molecule has 0 fully saturated rings. The molecule has 1 heterocycles. The van der Waals surface area contributed by atoms with Crippen molar-refractivity contribution < 1.29 is 9.90 Å². The van der Waals surface area contributed by atoms with E-state index in [1.165, 1.54) is 10.9 Å². The van der Waals surface area contributed by atoms with Crippen molar-refractivity contribution in [2.24, 2.45) is 0 Å². The Morgan fingerprint density at radius 2 is 2.25 bits per heavy atom. The second-order valence-electron chi connectivity index (χ2n) is 4.71. The molecule has 0 bridgehead atoms. The molecule has 2 aromatic rings. The first-order valence-electron chi connectivity index (χ1n) is 6.56. The molecule has 0 spiro atoms. The van der Waals surface area contributed by atoms with Crippen LogP contribution in [0, 0.1) is 6.92 Å². The predicted octanol–water partition coefficient (Wildman–Crippen LogP) is 3.21. The summed E-state index contributed by atoms with van der Waals surface area (Å²) < 4.78 is 0. The number of thiazole rings is 1. The Morgan fingerprint density at radius 1 is 1.50 bits per heavy atom. The van der Waals surface area contributed by atoms with Crippen molar-refractivity contribution in [2.75, 3.05) is 0 Å². The van der Waals surface area contributed by atoms with Crippen molar-refractivity contribution >= 4 is 17.2 Å². The number of aryl methyl sites for hydroxylation is 2. The molecule has 2 rings (SSSR count). The maximum atomic E-state index is 12.2. The normalized spacial score (nSPS) is 12.2. The lowest BCUT2D eigenvalue weighted by Gasteiger charge is -2.11. The van der Waals surface area contributed by atoms with E-state index in [4.69, 9.17) is 0 Å². The molecule has 1 aromatic heterocycles. The number of phenolic OH excluding ortho intramolecular Hbond substituents is 1. The summed E-state index contributed by atoms with van der Waals surface area (Å²) in [7, 11) is 0. The van der Waals surface area contributed by atoms with E-state index in [0.29, 0.717) is 11.1 Å². The standard InChI is InChI=1S/C15H18N2O2S/c1-4-12-8-16-15(20-12)10(3)17-14(19)11-5-6-13(18)9(2)7-11/h5-8,10,18H,4H2,1-3H3,(H,17,19). The Kier molecular flexibility index (Phi) is 4.39. The molecule has 0 saturated carbocycles. The lowest BCUT2D eigenvalue weighted by atomic mass is 10.1. The maximum Gasteiger partial charge on any atom is 0.251 e. The third-order valence-electron chi connectivity index (χ3n) is 3.10. The molecule has 106 valence electrons. The topological polar surface area (TPSA) is 62.2 Å². The monoisotopic (exact) mass is 290 g/mol. The molecular weight excluding hydrogens is 272 g/mol. The lowest BCUT2D eigenvalue weighted by molar-refractivity contribution is 0.0939. The summed E-state index contributed by atoms with van der Waals surface area (Å²) >= 11 is 1.62. The summed E-state index contributed by atoms with van der Waals surface area (Å²) in [5.41, 5.74) is 1.23. The SMILES string of the molecule is CCc1cnc(C(C)NC(=O)c2ccc(O)c(C)c2)s1. The van der Waals surface area contributed by atoms with Crippen LogP contribution >= 0.6 is 11.3 Å². The van der Waals surface area contributed by atoms with Crippen LogP contribution in [0.3, 0.4) is 0 Å². The summed E-state index contributed by atoms with van der Waals surface area (Å²) in [6.45, 7) is 5.77. The number of carbonyl (C=O) groups excluding carboxylic acids is 1. The highest BCUT2D eigenvalue weighted by molar-refractivity contribution is 7.11. The number of carbonyl (C=O) groups is 1.